The van der Waals surface area contributed by atoms with E-state index < -0.39 is 5.60 Å². The number of phenols is 1. The first-order valence-corrected chi connectivity index (χ1v) is 7.72. The summed E-state index contributed by atoms with van der Waals surface area (Å²) in [6.45, 7) is 6.12. The molecule has 0 radical (unpaired) electrons. The van der Waals surface area contributed by atoms with Gasteiger partial charge in [0.25, 0.3) is 0 Å². The van der Waals surface area contributed by atoms with Crippen LogP contribution < -0.4 is 5.32 Å². The Hall–Kier alpha value is -1.07. The number of aromatic hydroxyl groups is 1. The second kappa shape index (κ2) is 6.14. The lowest BCUT2D eigenvalue weighted by atomic mass is 9.83. The zero-order valence-corrected chi connectivity index (χ0v) is 13.4. The number of ether oxygens (including phenoxy) is 1. The third-order valence-electron chi connectivity index (χ3n) is 3.90. The molecule has 0 saturated carbocycles. The summed E-state index contributed by atoms with van der Waals surface area (Å²) < 4.78 is 6.35. The molecule has 0 unspecified atom stereocenters. The van der Waals surface area contributed by atoms with E-state index in [-0.39, 0.29) is 11.7 Å². The monoisotopic (exact) mass is 342 g/mol. The van der Waals surface area contributed by atoms with Gasteiger partial charge in [0.1, 0.15) is 11.4 Å². The van der Waals surface area contributed by atoms with Crippen LogP contribution in [-0.4, -0.2) is 29.8 Å². The van der Waals surface area contributed by atoms with E-state index in [1.54, 1.807) is 12.1 Å². The Labute approximate surface area is 127 Å². The summed E-state index contributed by atoms with van der Waals surface area (Å²) in [5.41, 5.74) is -0.115. The molecule has 1 fully saturated rings. The number of benzene rings is 1. The number of quaternary nitrogens is 1. The number of halogens is 1. The second-order valence-corrected chi connectivity index (χ2v) is 6.75. The first kappa shape index (κ1) is 15.3. The molecule has 0 aliphatic carbocycles. The Bertz CT molecular complexity index is 476. The molecule has 1 saturated heterocycles. The van der Waals surface area contributed by atoms with Gasteiger partial charge in [-0.15, -0.1) is 0 Å². The molecular formula is C15H21BrNO3+. The molecule has 4 nitrogen and oxygen atoms in total. The maximum Gasteiger partial charge on any atom is 0.338 e. The Kier molecular flexibility index (Phi) is 4.70. The predicted molar refractivity (Wildman–Crippen MR) is 79.7 cm³/mol. The van der Waals surface area contributed by atoms with E-state index in [0.29, 0.717) is 16.0 Å². The van der Waals surface area contributed by atoms with Gasteiger partial charge in [0.05, 0.1) is 18.7 Å². The van der Waals surface area contributed by atoms with E-state index in [1.165, 1.54) is 6.07 Å². The number of carbonyl (C=O) groups excluding carboxylic acids is 1. The molecule has 0 amide bonds. The van der Waals surface area contributed by atoms with Crippen molar-refractivity contribution in [3.05, 3.63) is 28.2 Å². The van der Waals surface area contributed by atoms with Gasteiger partial charge in [-0.3, -0.25) is 0 Å². The van der Waals surface area contributed by atoms with Gasteiger partial charge in [0.15, 0.2) is 0 Å². The van der Waals surface area contributed by atoms with Crippen LogP contribution in [0.3, 0.4) is 0 Å². The van der Waals surface area contributed by atoms with Crippen LogP contribution >= 0.6 is 15.9 Å². The van der Waals surface area contributed by atoms with E-state index in [9.17, 15) is 9.90 Å². The van der Waals surface area contributed by atoms with Crippen LogP contribution in [-0.2, 0) is 4.74 Å². The topological polar surface area (TPSA) is 63.1 Å². The fourth-order valence-corrected chi connectivity index (χ4v) is 3.18. The Morgan fingerprint density at radius 1 is 1.35 bits per heavy atom. The summed E-state index contributed by atoms with van der Waals surface area (Å²) in [5, 5.41) is 11.8. The predicted octanol–water partition coefficient (Wildman–Crippen LogP) is 2.06. The maximum atomic E-state index is 12.2. The van der Waals surface area contributed by atoms with Crippen LogP contribution in [0.2, 0.25) is 0 Å². The number of phenolic OH excluding ortho intramolecular Hbond substituents is 1. The smallest absolute Gasteiger partial charge is 0.338 e. The second-order valence-electron chi connectivity index (χ2n) is 5.83. The summed E-state index contributed by atoms with van der Waals surface area (Å²) in [5.74, 6) is 0.0507. The van der Waals surface area contributed by atoms with Crippen molar-refractivity contribution in [1.82, 2.24) is 0 Å². The molecule has 2 rings (SSSR count). The zero-order chi connectivity index (χ0) is 14.8. The van der Waals surface area contributed by atoms with Gasteiger partial charge in [-0.1, -0.05) is 15.9 Å². The highest BCUT2D eigenvalue weighted by Crippen LogP contribution is 2.29. The van der Waals surface area contributed by atoms with Crippen LogP contribution in [0.1, 0.15) is 37.0 Å². The minimum Gasteiger partial charge on any atom is -0.508 e. The van der Waals surface area contributed by atoms with E-state index >= 15 is 0 Å². The highest BCUT2D eigenvalue weighted by Gasteiger charge is 2.35. The van der Waals surface area contributed by atoms with Gasteiger partial charge < -0.3 is 15.2 Å². The van der Waals surface area contributed by atoms with Crippen molar-refractivity contribution in [2.24, 2.45) is 5.92 Å². The maximum absolute atomic E-state index is 12.2. The average Bonchev–Trinajstić information content (AvgIpc) is 2.38. The van der Waals surface area contributed by atoms with Gasteiger partial charge in [0, 0.05) is 23.2 Å². The fraction of sp³-hybridized carbons (Fsp3) is 0.533. The lowest BCUT2D eigenvalue weighted by Crippen LogP contribution is -2.86. The number of carbonyl (C=O) groups is 1. The lowest BCUT2D eigenvalue weighted by Gasteiger charge is -2.35. The van der Waals surface area contributed by atoms with Crippen molar-refractivity contribution in [3.8, 4) is 5.75 Å². The van der Waals surface area contributed by atoms with Gasteiger partial charge >= 0.3 is 5.97 Å². The number of piperidine rings is 1. The molecule has 110 valence electrons. The molecule has 0 bridgehead atoms. The van der Waals surface area contributed by atoms with Gasteiger partial charge in [-0.05, 0) is 32.0 Å². The summed E-state index contributed by atoms with van der Waals surface area (Å²) >= 11 is 3.27. The summed E-state index contributed by atoms with van der Waals surface area (Å²) in [6.07, 6.45) is 2.12. The van der Waals surface area contributed by atoms with Crippen LogP contribution in [0.25, 0.3) is 0 Å². The Morgan fingerprint density at radius 3 is 2.60 bits per heavy atom. The minimum atomic E-state index is -0.483. The van der Waals surface area contributed by atoms with E-state index in [1.807, 2.05) is 13.8 Å². The Balaban J connectivity index is 2.09. The lowest BCUT2D eigenvalue weighted by molar-refractivity contribution is -0.665. The van der Waals surface area contributed by atoms with E-state index in [2.05, 4.69) is 21.2 Å². The molecule has 0 atom stereocenters. The van der Waals surface area contributed by atoms with Crippen LogP contribution in [0.15, 0.2) is 22.7 Å². The number of esters is 1. The molecule has 3 N–H and O–H groups in total. The highest BCUT2D eigenvalue weighted by atomic mass is 79.9. The van der Waals surface area contributed by atoms with Crippen molar-refractivity contribution in [3.63, 3.8) is 0 Å². The van der Waals surface area contributed by atoms with Gasteiger partial charge in [-0.25, -0.2) is 4.79 Å². The number of nitrogens with two attached hydrogens (primary N) is 1. The molecule has 1 aromatic rings. The zero-order valence-electron chi connectivity index (χ0n) is 11.9. The van der Waals surface area contributed by atoms with Crippen molar-refractivity contribution in [1.29, 1.82) is 0 Å². The van der Waals surface area contributed by atoms with Crippen LogP contribution in [0, 0.1) is 5.92 Å². The fourth-order valence-electron chi connectivity index (χ4n) is 2.70. The third kappa shape index (κ3) is 3.73. The first-order valence-electron chi connectivity index (χ1n) is 6.93. The molecule has 1 heterocycles. The molecule has 20 heavy (non-hydrogen) atoms. The van der Waals surface area contributed by atoms with Crippen LogP contribution in [0.5, 0.6) is 5.75 Å². The number of hydrogen-bond donors (Lipinski definition) is 2. The molecule has 0 aromatic heterocycles. The summed E-state index contributed by atoms with van der Waals surface area (Å²) in [6, 6.07) is 4.63. The molecular weight excluding hydrogens is 322 g/mol. The van der Waals surface area contributed by atoms with Crippen molar-refractivity contribution in [2.75, 3.05) is 13.1 Å². The average molecular weight is 343 g/mol. The normalized spacial score (nSPS) is 16.9. The van der Waals surface area contributed by atoms with Crippen molar-refractivity contribution >= 4 is 21.9 Å². The number of rotatable bonds is 3. The molecule has 1 aliphatic rings. The molecule has 0 spiro atoms. The molecule has 1 aromatic carbocycles. The minimum absolute atomic E-state index is 0.0522. The van der Waals surface area contributed by atoms with E-state index in [4.69, 9.17) is 4.74 Å². The van der Waals surface area contributed by atoms with Gasteiger partial charge in [0.2, 0.25) is 0 Å². The SMILES string of the molecule is CC(C)(OC(=O)c1cc(O)cc(Br)c1)C1CC[NH2+]CC1. The summed E-state index contributed by atoms with van der Waals surface area (Å²) in [4.78, 5) is 12.2. The quantitative estimate of drug-likeness (QED) is 0.826. The molecule has 5 heteroatoms. The highest BCUT2D eigenvalue weighted by molar-refractivity contribution is 9.10. The number of hydrogen-bond acceptors (Lipinski definition) is 3. The Morgan fingerprint density at radius 2 is 2.00 bits per heavy atom. The first-order chi connectivity index (χ1) is 9.38. The third-order valence-corrected chi connectivity index (χ3v) is 4.35. The molecule has 1 aliphatic heterocycles. The standard InChI is InChI=1S/C15H20BrNO3/c1-15(2,11-3-5-17-6-4-11)20-14(19)10-7-12(16)9-13(18)8-10/h7-9,11,17-18H,3-6H2,1-2H3/p+1. The van der Waals surface area contributed by atoms with Gasteiger partial charge in [-0.2, -0.15) is 0 Å². The van der Waals surface area contributed by atoms with E-state index in [0.717, 1.165) is 25.9 Å². The van der Waals surface area contributed by atoms with Crippen molar-refractivity contribution < 1.29 is 20.0 Å². The van der Waals surface area contributed by atoms with Crippen LogP contribution in [0.4, 0.5) is 0 Å². The summed E-state index contributed by atoms with van der Waals surface area (Å²) in [7, 11) is 0. The largest absolute Gasteiger partial charge is 0.508 e. The van der Waals surface area contributed by atoms with Crippen molar-refractivity contribution in [2.45, 2.75) is 32.3 Å².